The first-order valence-electron chi connectivity index (χ1n) is 6.51. The number of nitrogens with two attached hydrogens (primary N) is 1. The lowest BCUT2D eigenvalue weighted by Gasteiger charge is -2.15. The number of benzene rings is 1. The second-order valence-electron chi connectivity index (χ2n) is 4.97. The summed E-state index contributed by atoms with van der Waals surface area (Å²) in [5, 5.41) is 18.9. The lowest BCUT2D eigenvalue weighted by molar-refractivity contribution is 0.404. The Balaban J connectivity index is 2.51. The van der Waals surface area contributed by atoms with Crippen molar-refractivity contribution in [2.24, 2.45) is 5.73 Å². The summed E-state index contributed by atoms with van der Waals surface area (Å²) in [6, 6.07) is 4.56. The molecule has 0 fully saturated rings. The molecule has 2 aromatic rings. The molecule has 2 rings (SSSR count). The number of aromatic hydroxyl groups is 2. The number of aryl methyl sites for hydroxylation is 2. The highest BCUT2D eigenvalue weighted by atomic mass is 16.3. The summed E-state index contributed by atoms with van der Waals surface area (Å²) in [4.78, 5) is 8.97. The van der Waals surface area contributed by atoms with Crippen LogP contribution in [0.1, 0.15) is 29.8 Å². The quantitative estimate of drug-likeness (QED) is 0.746. The molecule has 0 spiro atoms. The standard InChI is InChI=1S/C15H19N3O2/c1-8(7-16)14-9(2)17-15(18-10(14)3)11-4-5-12(19)13(20)6-11/h4-6,8,19-20H,7,16H2,1-3H3. The van der Waals surface area contributed by atoms with Gasteiger partial charge in [-0.25, -0.2) is 9.97 Å². The van der Waals surface area contributed by atoms with Gasteiger partial charge in [0.05, 0.1) is 0 Å². The van der Waals surface area contributed by atoms with Crippen LogP contribution in [0.5, 0.6) is 11.5 Å². The van der Waals surface area contributed by atoms with Gasteiger partial charge < -0.3 is 15.9 Å². The SMILES string of the molecule is Cc1nc(-c2ccc(O)c(O)c2)nc(C)c1C(C)CN. The van der Waals surface area contributed by atoms with E-state index in [2.05, 4.69) is 9.97 Å². The van der Waals surface area contributed by atoms with Gasteiger partial charge in [-0.2, -0.15) is 0 Å². The number of hydrogen-bond acceptors (Lipinski definition) is 5. The van der Waals surface area contributed by atoms with Crippen LogP contribution in [0.25, 0.3) is 11.4 Å². The molecule has 0 aliphatic carbocycles. The monoisotopic (exact) mass is 273 g/mol. The van der Waals surface area contributed by atoms with E-state index in [1.165, 1.54) is 12.1 Å². The predicted molar refractivity (Wildman–Crippen MR) is 77.7 cm³/mol. The van der Waals surface area contributed by atoms with Crippen molar-refractivity contribution >= 4 is 0 Å². The highest BCUT2D eigenvalue weighted by molar-refractivity contribution is 5.61. The number of nitrogens with zero attached hydrogens (tertiary/aromatic N) is 2. The minimum Gasteiger partial charge on any atom is -0.504 e. The first-order valence-corrected chi connectivity index (χ1v) is 6.51. The van der Waals surface area contributed by atoms with Gasteiger partial charge in [0.25, 0.3) is 0 Å². The maximum Gasteiger partial charge on any atom is 0.159 e. The Kier molecular flexibility index (Phi) is 3.90. The molecule has 0 aliphatic rings. The van der Waals surface area contributed by atoms with Gasteiger partial charge in [0.15, 0.2) is 17.3 Å². The normalized spacial score (nSPS) is 12.4. The molecule has 0 saturated heterocycles. The second-order valence-corrected chi connectivity index (χ2v) is 4.97. The highest BCUT2D eigenvalue weighted by Gasteiger charge is 2.15. The molecule has 4 N–H and O–H groups in total. The van der Waals surface area contributed by atoms with Crippen LogP contribution in [0.3, 0.4) is 0 Å². The van der Waals surface area contributed by atoms with Crippen LogP contribution >= 0.6 is 0 Å². The Labute approximate surface area is 118 Å². The molecule has 0 bridgehead atoms. The Hall–Kier alpha value is -2.14. The number of phenolic OH excluding ortho intramolecular Hbond substituents is 2. The van der Waals surface area contributed by atoms with Crippen LogP contribution in [-0.4, -0.2) is 26.7 Å². The molecule has 20 heavy (non-hydrogen) atoms. The van der Waals surface area contributed by atoms with Gasteiger partial charge in [-0.3, -0.25) is 0 Å². The molecule has 1 aromatic heterocycles. The molecule has 1 heterocycles. The zero-order valence-corrected chi connectivity index (χ0v) is 11.9. The smallest absolute Gasteiger partial charge is 0.159 e. The number of phenols is 2. The second kappa shape index (κ2) is 5.46. The van der Waals surface area contributed by atoms with Gasteiger partial charge in [0.1, 0.15) is 0 Å². The first kappa shape index (κ1) is 14.3. The van der Waals surface area contributed by atoms with Crippen LogP contribution in [0.4, 0.5) is 0 Å². The molecule has 1 atom stereocenters. The summed E-state index contributed by atoms with van der Waals surface area (Å²) in [5.74, 6) is 0.400. The predicted octanol–water partition coefficient (Wildman–Crippen LogP) is 2.23. The van der Waals surface area contributed by atoms with Crippen LogP contribution in [-0.2, 0) is 0 Å². The van der Waals surface area contributed by atoms with Crippen LogP contribution in [0.15, 0.2) is 18.2 Å². The van der Waals surface area contributed by atoms with Gasteiger partial charge in [-0.05, 0) is 50.1 Å². The third-order valence-corrected chi connectivity index (χ3v) is 3.41. The van der Waals surface area contributed by atoms with Crippen LogP contribution in [0.2, 0.25) is 0 Å². The minimum absolute atomic E-state index is 0.157. The van der Waals surface area contributed by atoms with Crippen molar-refractivity contribution in [3.63, 3.8) is 0 Å². The van der Waals surface area contributed by atoms with Crippen molar-refractivity contribution < 1.29 is 10.2 Å². The van der Waals surface area contributed by atoms with Gasteiger partial charge in [0, 0.05) is 17.0 Å². The van der Waals surface area contributed by atoms with Crippen molar-refractivity contribution in [2.75, 3.05) is 6.54 Å². The van der Waals surface area contributed by atoms with Crippen molar-refractivity contribution in [1.29, 1.82) is 0 Å². The summed E-state index contributed by atoms with van der Waals surface area (Å²) in [6.07, 6.45) is 0. The minimum atomic E-state index is -0.180. The van der Waals surface area contributed by atoms with Crippen molar-refractivity contribution in [2.45, 2.75) is 26.7 Å². The summed E-state index contributed by atoms with van der Waals surface area (Å²) in [7, 11) is 0. The molecular weight excluding hydrogens is 254 g/mol. The molecule has 106 valence electrons. The summed E-state index contributed by atoms with van der Waals surface area (Å²) in [5.41, 5.74) is 9.22. The zero-order valence-electron chi connectivity index (χ0n) is 11.9. The van der Waals surface area contributed by atoms with E-state index >= 15 is 0 Å². The van der Waals surface area contributed by atoms with E-state index < -0.39 is 0 Å². The highest BCUT2D eigenvalue weighted by Crippen LogP contribution is 2.30. The van der Waals surface area contributed by atoms with E-state index in [1.54, 1.807) is 6.07 Å². The number of hydrogen-bond donors (Lipinski definition) is 3. The third kappa shape index (κ3) is 2.58. The molecule has 0 radical (unpaired) electrons. The van der Waals surface area contributed by atoms with Crippen molar-refractivity contribution in [3.05, 3.63) is 35.2 Å². The molecule has 5 heteroatoms. The molecule has 0 saturated carbocycles. The Morgan fingerprint density at radius 3 is 2.20 bits per heavy atom. The summed E-state index contributed by atoms with van der Waals surface area (Å²) in [6.45, 7) is 6.45. The molecule has 1 aromatic carbocycles. The topological polar surface area (TPSA) is 92.3 Å². The van der Waals surface area contributed by atoms with E-state index in [-0.39, 0.29) is 17.4 Å². The molecule has 0 amide bonds. The number of rotatable bonds is 3. The lowest BCUT2D eigenvalue weighted by Crippen LogP contribution is -2.14. The fourth-order valence-electron chi connectivity index (χ4n) is 2.35. The van der Waals surface area contributed by atoms with E-state index in [0.717, 1.165) is 17.0 Å². The van der Waals surface area contributed by atoms with E-state index in [9.17, 15) is 10.2 Å². The van der Waals surface area contributed by atoms with Gasteiger partial charge in [-0.15, -0.1) is 0 Å². The largest absolute Gasteiger partial charge is 0.504 e. The summed E-state index contributed by atoms with van der Waals surface area (Å²) >= 11 is 0. The van der Waals surface area contributed by atoms with Crippen LogP contribution in [0, 0.1) is 13.8 Å². The van der Waals surface area contributed by atoms with Gasteiger partial charge >= 0.3 is 0 Å². The van der Waals surface area contributed by atoms with Crippen LogP contribution < -0.4 is 5.73 Å². The number of aromatic nitrogens is 2. The van der Waals surface area contributed by atoms with Crippen molar-refractivity contribution in [1.82, 2.24) is 9.97 Å². The molecular formula is C15H19N3O2. The Morgan fingerprint density at radius 2 is 1.70 bits per heavy atom. The zero-order chi connectivity index (χ0) is 14.9. The maximum absolute atomic E-state index is 9.56. The maximum atomic E-state index is 9.56. The summed E-state index contributed by atoms with van der Waals surface area (Å²) < 4.78 is 0. The average molecular weight is 273 g/mol. The third-order valence-electron chi connectivity index (χ3n) is 3.41. The first-order chi connectivity index (χ1) is 9.43. The Morgan fingerprint density at radius 1 is 1.10 bits per heavy atom. The van der Waals surface area contributed by atoms with Crippen molar-refractivity contribution in [3.8, 4) is 22.9 Å². The Bertz CT molecular complexity index is 618. The van der Waals surface area contributed by atoms with E-state index in [0.29, 0.717) is 17.9 Å². The van der Waals surface area contributed by atoms with E-state index in [1.807, 2.05) is 20.8 Å². The molecule has 0 aliphatic heterocycles. The van der Waals surface area contributed by atoms with Gasteiger partial charge in [0.2, 0.25) is 0 Å². The van der Waals surface area contributed by atoms with Gasteiger partial charge in [-0.1, -0.05) is 6.92 Å². The molecule has 5 nitrogen and oxygen atoms in total. The average Bonchev–Trinajstić information content (AvgIpc) is 2.40. The molecule has 1 unspecified atom stereocenters. The fraction of sp³-hybridized carbons (Fsp3) is 0.333. The lowest BCUT2D eigenvalue weighted by atomic mass is 9.98. The fourth-order valence-corrected chi connectivity index (χ4v) is 2.35. The van der Waals surface area contributed by atoms with E-state index in [4.69, 9.17) is 5.73 Å².